The molecule has 5 nitrogen and oxygen atoms in total. The van der Waals surface area contributed by atoms with Crippen molar-refractivity contribution in [1.82, 2.24) is 15.9 Å². The molecule has 0 spiro atoms. The molecular weight excluding hydrogens is 216 g/mol. The van der Waals surface area contributed by atoms with Crippen molar-refractivity contribution in [1.29, 1.82) is 0 Å². The molecule has 0 radical (unpaired) electrons. The zero-order valence-corrected chi connectivity index (χ0v) is 9.60. The van der Waals surface area contributed by atoms with Crippen LogP contribution >= 0.6 is 0 Å². The molecular formula is C12H16N4O. The van der Waals surface area contributed by atoms with Gasteiger partial charge in [-0.05, 0) is 38.1 Å². The van der Waals surface area contributed by atoms with Crippen LogP contribution in [0.5, 0.6) is 0 Å². The van der Waals surface area contributed by atoms with Gasteiger partial charge in [0.05, 0.1) is 11.9 Å². The van der Waals surface area contributed by atoms with Gasteiger partial charge in [0.2, 0.25) is 0 Å². The zero-order chi connectivity index (χ0) is 11.5. The Morgan fingerprint density at radius 1 is 1.24 bits per heavy atom. The molecule has 0 unspecified atom stereocenters. The minimum absolute atomic E-state index is 0.524. The Hall–Kier alpha value is -1.59. The van der Waals surface area contributed by atoms with Crippen molar-refractivity contribution in [3.63, 3.8) is 0 Å². The molecule has 0 amide bonds. The van der Waals surface area contributed by atoms with E-state index in [1.165, 1.54) is 0 Å². The first-order valence-corrected chi connectivity index (χ1v) is 5.98. The van der Waals surface area contributed by atoms with Gasteiger partial charge in [-0.25, -0.2) is 5.01 Å². The average molecular weight is 232 g/mol. The van der Waals surface area contributed by atoms with Crippen molar-refractivity contribution in [3.8, 4) is 0 Å². The van der Waals surface area contributed by atoms with Gasteiger partial charge < -0.3 is 10.2 Å². The number of hydrogen-bond donors (Lipinski definition) is 2. The smallest absolute Gasteiger partial charge is 0.147 e. The van der Waals surface area contributed by atoms with Gasteiger partial charge in [-0.1, -0.05) is 5.59 Å². The number of piperidine rings is 1. The molecule has 0 aromatic carbocycles. The van der Waals surface area contributed by atoms with Gasteiger partial charge >= 0.3 is 0 Å². The highest BCUT2D eigenvalue weighted by atomic mass is 16.7. The molecule has 2 aliphatic heterocycles. The number of pyridine rings is 1. The van der Waals surface area contributed by atoms with Crippen molar-refractivity contribution in [3.05, 3.63) is 36.5 Å². The molecule has 0 saturated carbocycles. The highest BCUT2D eigenvalue weighted by Gasteiger charge is 2.24. The van der Waals surface area contributed by atoms with Crippen LogP contribution in [0, 0.1) is 5.92 Å². The highest BCUT2D eigenvalue weighted by Crippen LogP contribution is 2.26. The van der Waals surface area contributed by atoms with E-state index < -0.39 is 0 Å². The molecule has 3 rings (SSSR count). The van der Waals surface area contributed by atoms with Crippen molar-refractivity contribution >= 4 is 5.69 Å². The summed E-state index contributed by atoms with van der Waals surface area (Å²) in [7, 11) is 0. The van der Waals surface area contributed by atoms with E-state index in [0.717, 1.165) is 37.4 Å². The van der Waals surface area contributed by atoms with E-state index in [1.54, 1.807) is 12.4 Å². The average Bonchev–Trinajstić information content (AvgIpc) is 2.90. The van der Waals surface area contributed by atoms with E-state index in [2.05, 4.69) is 15.9 Å². The van der Waals surface area contributed by atoms with Crippen LogP contribution in [0.15, 0.2) is 36.5 Å². The number of hydrogen-bond acceptors (Lipinski definition) is 5. The molecule has 3 heterocycles. The van der Waals surface area contributed by atoms with Gasteiger partial charge in [-0.15, -0.1) is 0 Å². The SMILES string of the molecule is C1=C(C2CCNCC2)ONN1c1ccncc1. The van der Waals surface area contributed by atoms with Gasteiger partial charge in [-0.3, -0.25) is 4.98 Å². The van der Waals surface area contributed by atoms with Gasteiger partial charge in [0.1, 0.15) is 5.76 Å². The van der Waals surface area contributed by atoms with E-state index in [9.17, 15) is 0 Å². The number of hydrazine groups is 1. The molecule has 0 bridgehead atoms. The highest BCUT2D eigenvalue weighted by molar-refractivity contribution is 5.47. The lowest BCUT2D eigenvalue weighted by molar-refractivity contribution is 0.0998. The van der Waals surface area contributed by atoms with E-state index in [0.29, 0.717) is 5.92 Å². The fraction of sp³-hybridized carbons (Fsp3) is 0.417. The van der Waals surface area contributed by atoms with Crippen LogP contribution in [0.3, 0.4) is 0 Å². The van der Waals surface area contributed by atoms with Crippen LogP contribution in [0.2, 0.25) is 0 Å². The maximum Gasteiger partial charge on any atom is 0.147 e. The Morgan fingerprint density at radius 3 is 2.76 bits per heavy atom. The minimum atomic E-state index is 0.524. The fourth-order valence-corrected chi connectivity index (χ4v) is 2.21. The quantitative estimate of drug-likeness (QED) is 0.802. The molecule has 17 heavy (non-hydrogen) atoms. The second-order valence-electron chi connectivity index (χ2n) is 4.32. The summed E-state index contributed by atoms with van der Waals surface area (Å²) >= 11 is 0. The number of nitrogens with one attached hydrogen (secondary N) is 2. The number of anilines is 1. The lowest BCUT2D eigenvalue weighted by Crippen LogP contribution is -2.29. The molecule has 1 aromatic rings. The predicted molar refractivity (Wildman–Crippen MR) is 64.6 cm³/mol. The number of allylic oxidation sites excluding steroid dienone is 1. The largest absolute Gasteiger partial charge is 0.391 e. The predicted octanol–water partition coefficient (Wildman–Crippen LogP) is 1.18. The Bertz CT molecular complexity index is 400. The molecule has 1 saturated heterocycles. The van der Waals surface area contributed by atoms with E-state index in [1.807, 2.05) is 23.3 Å². The van der Waals surface area contributed by atoms with Crippen molar-refractivity contribution < 1.29 is 4.84 Å². The summed E-state index contributed by atoms with van der Waals surface area (Å²) in [5.74, 6) is 1.55. The summed E-state index contributed by atoms with van der Waals surface area (Å²) in [6, 6.07) is 3.89. The molecule has 0 atom stereocenters. The minimum Gasteiger partial charge on any atom is -0.391 e. The van der Waals surface area contributed by atoms with E-state index >= 15 is 0 Å². The van der Waals surface area contributed by atoms with Crippen LogP contribution in [0.4, 0.5) is 5.69 Å². The third-order valence-electron chi connectivity index (χ3n) is 3.20. The van der Waals surface area contributed by atoms with Crippen molar-refractivity contribution in [2.75, 3.05) is 18.1 Å². The third-order valence-corrected chi connectivity index (χ3v) is 3.20. The van der Waals surface area contributed by atoms with Crippen LogP contribution in [-0.2, 0) is 4.84 Å². The van der Waals surface area contributed by atoms with E-state index in [4.69, 9.17) is 4.84 Å². The first-order valence-electron chi connectivity index (χ1n) is 5.98. The zero-order valence-electron chi connectivity index (χ0n) is 9.60. The lowest BCUT2D eigenvalue weighted by atomic mass is 9.96. The maximum absolute atomic E-state index is 5.55. The summed E-state index contributed by atoms with van der Waals surface area (Å²) in [6.07, 6.45) is 7.85. The van der Waals surface area contributed by atoms with Gasteiger partial charge in [0, 0.05) is 18.3 Å². The maximum atomic E-state index is 5.55. The number of rotatable bonds is 2. The monoisotopic (exact) mass is 232 g/mol. The Balaban J connectivity index is 1.72. The van der Waals surface area contributed by atoms with Crippen LogP contribution < -0.4 is 15.9 Å². The summed E-state index contributed by atoms with van der Waals surface area (Å²) in [5.41, 5.74) is 3.94. The standard InChI is InChI=1S/C12H16N4O/c1-5-13-6-2-10(1)12-9-16(15-17-12)11-3-7-14-8-4-11/h3-4,7-10,13,15H,1-2,5-6H2. The van der Waals surface area contributed by atoms with Gasteiger partial charge in [0.15, 0.2) is 0 Å². The van der Waals surface area contributed by atoms with Crippen LogP contribution in [0.1, 0.15) is 12.8 Å². The second kappa shape index (κ2) is 4.73. The van der Waals surface area contributed by atoms with Crippen LogP contribution in [0.25, 0.3) is 0 Å². The summed E-state index contributed by atoms with van der Waals surface area (Å²) in [6.45, 7) is 2.14. The van der Waals surface area contributed by atoms with Crippen LogP contribution in [-0.4, -0.2) is 18.1 Å². The fourth-order valence-electron chi connectivity index (χ4n) is 2.21. The third kappa shape index (κ3) is 2.25. The lowest BCUT2D eigenvalue weighted by Gasteiger charge is -2.21. The van der Waals surface area contributed by atoms with Crippen molar-refractivity contribution in [2.24, 2.45) is 5.92 Å². The Kier molecular flexibility index (Phi) is 2.94. The normalized spacial score (nSPS) is 21.2. The van der Waals surface area contributed by atoms with Crippen molar-refractivity contribution in [2.45, 2.75) is 12.8 Å². The molecule has 90 valence electrons. The first-order chi connectivity index (χ1) is 8.43. The summed E-state index contributed by atoms with van der Waals surface area (Å²) in [4.78, 5) is 9.55. The molecule has 2 aliphatic rings. The molecule has 2 N–H and O–H groups in total. The molecule has 0 aliphatic carbocycles. The second-order valence-corrected chi connectivity index (χ2v) is 4.32. The molecule has 5 heteroatoms. The Labute approximate surface area is 100 Å². The Morgan fingerprint density at radius 2 is 2.00 bits per heavy atom. The van der Waals surface area contributed by atoms with E-state index in [-0.39, 0.29) is 0 Å². The summed E-state index contributed by atoms with van der Waals surface area (Å²) in [5, 5.41) is 5.24. The summed E-state index contributed by atoms with van der Waals surface area (Å²) < 4.78 is 0. The molecule has 1 fully saturated rings. The first kappa shape index (κ1) is 10.6. The number of nitrogens with zero attached hydrogens (tertiary/aromatic N) is 2. The van der Waals surface area contributed by atoms with Gasteiger partial charge in [-0.2, -0.15) is 0 Å². The topological polar surface area (TPSA) is 49.4 Å². The number of aromatic nitrogens is 1. The molecule has 1 aromatic heterocycles. The van der Waals surface area contributed by atoms with Gasteiger partial charge in [0.25, 0.3) is 0 Å².